The Morgan fingerprint density at radius 1 is 1.22 bits per heavy atom. The summed E-state index contributed by atoms with van der Waals surface area (Å²) in [5.74, 6) is -0.947. The van der Waals surface area contributed by atoms with E-state index in [1.807, 2.05) is 26.8 Å². The first-order valence-corrected chi connectivity index (χ1v) is 7.66. The summed E-state index contributed by atoms with van der Waals surface area (Å²) in [6.07, 6.45) is 0.514. The minimum absolute atomic E-state index is 0.0582. The molecule has 0 aliphatic heterocycles. The molecule has 1 rings (SSSR count). The summed E-state index contributed by atoms with van der Waals surface area (Å²) < 4.78 is 17.9. The van der Waals surface area contributed by atoms with Gasteiger partial charge < -0.3 is 15.4 Å². The number of carbonyl (C=O) groups is 2. The molecule has 5 nitrogen and oxygen atoms in total. The van der Waals surface area contributed by atoms with Crippen LogP contribution in [0.15, 0.2) is 24.3 Å². The second-order valence-electron chi connectivity index (χ2n) is 5.97. The molecule has 0 saturated carbocycles. The van der Waals surface area contributed by atoms with Crippen LogP contribution in [0.5, 0.6) is 0 Å². The molecule has 1 aromatic rings. The first-order valence-electron chi connectivity index (χ1n) is 7.66. The van der Waals surface area contributed by atoms with Gasteiger partial charge in [-0.05, 0) is 37.0 Å². The molecule has 1 unspecified atom stereocenters. The number of halogens is 1. The molecular weight excluding hydrogens is 299 g/mol. The van der Waals surface area contributed by atoms with E-state index in [9.17, 15) is 14.0 Å². The topological polar surface area (TPSA) is 67.4 Å². The van der Waals surface area contributed by atoms with Crippen LogP contribution < -0.4 is 10.6 Å². The molecule has 0 bridgehead atoms. The summed E-state index contributed by atoms with van der Waals surface area (Å²) >= 11 is 0. The fourth-order valence-electron chi connectivity index (χ4n) is 2.28. The first kappa shape index (κ1) is 19.1. The monoisotopic (exact) mass is 324 g/mol. The minimum Gasteiger partial charge on any atom is -0.375 e. The number of ether oxygens (including phenoxy) is 1. The largest absolute Gasteiger partial charge is 0.375 e. The van der Waals surface area contributed by atoms with E-state index in [4.69, 9.17) is 4.74 Å². The predicted molar refractivity (Wildman–Crippen MR) is 86.4 cm³/mol. The molecular formula is C17H25FN2O3. The van der Waals surface area contributed by atoms with E-state index in [1.165, 1.54) is 19.2 Å². The Labute approximate surface area is 136 Å². The normalized spacial score (nSPS) is 13.5. The maximum atomic E-state index is 13.2. The minimum atomic E-state index is -0.632. The van der Waals surface area contributed by atoms with Gasteiger partial charge in [0.1, 0.15) is 18.5 Å². The van der Waals surface area contributed by atoms with E-state index in [0.717, 1.165) is 5.56 Å². The van der Waals surface area contributed by atoms with Gasteiger partial charge in [0.25, 0.3) is 0 Å². The zero-order valence-electron chi connectivity index (χ0n) is 14.1. The van der Waals surface area contributed by atoms with Crippen LogP contribution >= 0.6 is 0 Å². The summed E-state index contributed by atoms with van der Waals surface area (Å²) in [6, 6.07) is 5.47. The highest BCUT2D eigenvalue weighted by Crippen LogP contribution is 2.08. The van der Waals surface area contributed by atoms with E-state index < -0.39 is 6.04 Å². The Morgan fingerprint density at radius 2 is 1.91 bits per heavy atom. The number of benzene rings is 1. The Bertz CT molecular complexity index is 534. The second-order valence-corrected chi connectivity index (χ2v) is 5.97. The number of amides is 2. The fraction of sp³-hybridized carbons (Fsp3) is 0.529. The summed E-state index contributed by atoms with van der Waals surface area (Å²) in [5, 5.41) is 5.52. The van der Waals surface area contributed by atoms with Gasteiger partial charge in [0.2, 0.25) is 11.8 Å². The van der Waals surface area contributed by atoms with Crippen LogP contribution in [-0.4, -0.2) is 37.6 Å². The van der Waals surface area contributed by atoms with Crippen molar-refractivity contribution in [3.63, 3.8) is 0 Å². The Balaban J connectivity index is 2.61. The van der Waals surface area contributed by atoms with Crippen molar-refractivity contribution in [1.82, 2.24) is 10.6 Å². The lowest BCUT2D eigenvalue weighted by atomic mass is 10.0. The van der Waals surface area contributed by atoms with Gasteiger partial charge in [-0.15, -0.1) is 0 Å². The Morgan fingerprint density at radius 3 is 2.48 bits per heavy atom. The molecule has 6 heteroatoms. The second kappa shape index (κ2) is 9.25. The van der Waals surface area contributed by atoms with Gasteiger partial charge in [-0.1, -0.05) is 26.0 Å². The van der Waals surface area contributed by atoms with Crippen molar-refractivity contribution in [3.05, 3.63) is 35.6 Å². The maximum absolute atomic E-state index is 13.2. The number of carbonyl (C=O) groups excluding carboxylic acids is 2. The standard InChI is InChI=1S/C17H25FN2O3/c1-11(2)16(20-15(21)10-23-4)17(22)19-12(3)8-13-6-5-7-14(18)9-13/h5-7,9,11-12,16H,8,10H2,1-4H3,(H,19,22)(H,20,21)/t12?,16-/m0/s1. The van der Waals surface area contributed by atoms with Gasteiger partial charge in [0.05, 0.1) is 0 Å². The third kappa shape index (κ3) is 6.78. The molecule has 0 aromatic heterocycles. The summed E-state index contributed by atoms with van der Waals surface area (Å²) in [7, 11) is 1.42. The van der Waals surface area contributed by atoms with Crippen molar-refractivity contribution in [2.75, 3.05) is 13.7 Å². The van der Waals surface area contributed by atoms with Crippen molar-refractivity contribution >= 4 is 11.8 Å². The van der Waals surface area contributed by atoms with Gasteiger partial charge in [-0.25, -0.2) is 4.39 Å². The molecule has 0 aliphatic rings. The highest BCUT2D eigenvalue weighted by molar-refractivity contribution is 5.88. The third-order valence-corrected chi connectivity index (χ3v) is 3.36. The Kier molecular flexibility index (Phi) is 7.68. The van der Waals surface area contributed by atoms with Gasteiger partial charge in [0, 0.05) is 13.2 Å². The molecule has 23 heavy (non-hydrogen) atoms. The first-order chi connectivity index (χ1) is 10.8. The quantitative estimate of drug-likeness (QED) is 0.764. The molecule has 2 atom stereocenters. The molecule has 0 saturated heterocycles. The van der Waals surface area contributed by atoms with Crippen molar-refractivity contribution in [2.24, 2.45) is 5.92 Å². The number of methoxy groups -OCH3 is 1. The van der Waals surface area contributed by atoms with Crippen molar-refractivity contribution in [2.45, 2.75) is 39.3 Å². The van der Waals surface area contributed by atoms with E-state index in [2.05, 4.69) is 10.6 Å². The molecule has 2 amide bonds. The van der Waals surface area contributed by atoms with Crippen LogP contribution in [0.1, 0.15) is 26.3 Å². The zero-order valence-corrected chi connectivity index (χ0v) is 14.1. The van der Waals surface area contributed by atoms with Gasteiger partial charge in [-0.3, -0.25) is 9.59 Å². The van der Waals surface area contributed by atoms with Crippen LogP contribution in [0.4, 0.5) is 4.39 Å². The number of rotatable bonds is 8. The number of hydrogen-bond donors (Lipinski definition) is 2. The van der Waals surface area contributed by atoms with E-state index in [1.54, 1.807) is 6.07 Å². The molecule has 0 aliphatic carbocycles. The van der Waals surface area contributed by atoms with E-state index in [-0.39, 0.29) is 36.2 Å². The summed E-state index contributed by atoms with van der Waals surface area (Å²) in [4.78, 5) is 24.0. The van der Waals surface area contributed by atoms with Crippen molar-refractivity contribution in [3.8, 4) is 0 Å². The average molecular weight is 324 g/mol. The highest BCUT2D eigenvalue weighted by Gasteiger charge is 2.25. The van der Waals surface area contributed by atoms with Crippen LogP contribution in [0.3, 0.4) is 0 Å². The summed E-state index contributed by atoms with van der Waals surface area (Å²) in [5.41, 5.74) is 0.808. The smallest absolute Gasteiger partial charge is 0.246 e. The maximum Gasteiger partial charge on any atom is 0.246 e. The fourth-order valence-corrected chi connectivity index (χ4v) is 2.28. The number of hydrogen-bond acceptors (Lipinski definition) is 3. The van der Waals surface area contributed by atoms with Crippen LogP contribution in [0.2, 0.25) is 0 Å². The molecule has 128 valence electrons. The molecule has 2 N–H and O–H groups in total. The molecule has 0 fully saturated rings. The SMILES string of the molecule is COCC(=O)N[C@H](C(=O)NC(C)Cc1cccc(F)c1)C(C)C. The molecule has 0 spiro atoms. The van der Waals surface area contributed by atoms with E-state index in [0.29, 0.717) is 6.42 Å². The van der Waals surface area contributed by atoms with Crippen LogP contribution in [0, 0.1) is 11.7 Å². The molecule has 1 aromatic carbocycles. The van der Waals surface area contributed by atoms with Gasteiger partial charge >= 0.3 is 0 Å². The highest BCUT2D eigenvalue weighted by atomic mass is 19.1. The van der Waals surface area contributed by atoms with Crippen molar-refractivity contribution in [1.29, 1.82) is 0 Å². The average Bonchev–Trinajstić information content (AvgIpc) is 2.44. The lowest BCUT2D eigenvalue weighted by Gasteiger charge is -2.24. The van der Waals surface area contributed by atoms with Gasteiger partial charge in [-0.2, -0.15) is 0 Å². The Hall–Kier alpha value is -1.95. The lowest BCUT2D eigenvalue weighted by molar-refractivity contribution is -0.132. The van der Waals surface area contributed by atoms with E-state index >= 15 is 0 Å². The lowest BCUT2D eigenvalue weighted by Crippen LogP contribution is -2.52. The van der Waals surface area contributed by atoms with Crippen LogP contribution in [-0.2, 0) is 20.7 Å². The molecule has 0 heterocycles. The predicted octanol–water partition coefficient (Wildman–Crippen LogP) is 1.66. The third-order valence-electron chi connectivity index (χ3n) is 3.36. The zero-order chi connectivity index (χ0) is 17.4. The van der Waals surface area contributed by atoms with Crippen molar-refractivity contribution < 1.29 is 18.7 Å². The van der Waals surface area contributed by atoms with Crippen LogP contribution in [0.25, 0.3) is 0 Å². The number of nitrogens with one attached hydrogen (secondary N) is 2. The van der Waals surface area contributed by atoms with Gasteiger partial charge in [0.15, 0.2) is 0 Å². The molecule has 0 radical (unpaired) electrons. The summed E-state index contributed by atoms with van der Waals surface area (Å²) in [6.45, 7) is 5.47.